The summed E-state index contributed by atoms with van der Waals surface area (Å²) >= 11 is 0. The van der Waals surface area contributed by atoms with E-state index >= 15 is 0 Å². The third kappa shape index (κ3) is 12.0. The molecule has 0 fully saturated rings. The molecule has 0 amide bonds. The van der Waals surface area contributed by atoms with Crippen LogP contribution < -0.4 is 10.7 Å². The van der Waals surface area contributed by atoms with Crippen LogP contribution in [-0.4, -0.2) is 47.8 Å². The first-order valence-corrected chi connectivity index (χ1v) is 19.0. The molecule has 0 radical (unpaired) electrons. The Labute approximate surface area is 311 Å². The Morgan fingerprint density at radius 2 is 1.42 bits per heavy atom. The standard InChI is InChI=1S/C40H52N4O4.2C2H6/c1-22(2)34-20-36-26(6)30(15-13-24(4)46)17-32(42-36)19-38-33(12-10-11-23(3)45)27(7)37(43-38)21-39-40(29(9)48)28(8)35(44-39)18-31(41-34)16-14-25(5)47;2*1-2/h16,18-21,25,29,41,44,47-48H,10-15,17H2,1-9H3;2*1-2H3. The molecule has 0 spiro atoms. The van der Waals surface area contributed by atoms with Gasteiger partial charge in [-0.3, -0.25) is 4.98 Å². The number of nitrogens with one attached hydrogen (secondary N) is 2. The fourth-order valence-corrected chi connectivity index (χ4v) is 6.30. The van der Waals surface area contributed by atoms with Gasteiger partial charge >= 0.3 is 0 Å². The molecule has 0 aromatic carbocycles. The van der Waals surface area contributed by atoms with Gasteiger partial charge in [0.15, 0.2) is 0 Å². The van der Waals surface area contributed by atoms with Crippen LogP contribution >= 0.6 is 0 Å². The summed E-state index contributed by atoms with van der Waals surface area (Å²) in [5.41, 5.74) is 12.1. The Morgan fingerprint density at radius 1 is 0.788 bits per heavy atom. The van der Waals surface area contributed by atoms with Crippen LogP contribution in [0.25, 0.3) is 39.4 Å². The second kappa shape index (κ2) is 20.8. The summed E-state index contributed by atoms with van der Waals surface area (Å²) in [5, 5.41) is 22.8. The SMILES string of the molecule is CC.CC.CC(=O)CCCC1=C(C)c2cc3[nH]c(cc(=CCC(C)O)[nH]c(=C(C)C)cc4nc(cc1n2)CC(CCC(C)=O)=C4C)c(C)c3C(C)O. The third-order valence-electron chi connectivity index (χ3n) is 9.14. The number of carbonyl (C=O) groups is 2. The van der Waals surface area contributed by atoms with Gasteiger partial charge in [-0.25, -0.2) is 4.98 Å². The number of hydrogen-bond donors (Lipinski definition) is 4. The fraction of sp³-hybridized carbons (Fsp3) is 0.500. The zero-order chi connectivity index (χ0) is 39.3. The summed E-state index contributed by atoms with van der Waals surface area (Å²) < 4.78 is 0. The molecular weight excluding hydrogens is 649 g/mol. The number of fused-ring (bicyclic) bond motifs is 6. The molecule has 8 nitrogen and oxygen atoms in total. The highest BCUT2D eigenvalue weighted by atomic mass is 16.3. The number of aryl methyl sites for hydroxylation is 1. The van der Waals surface area contributed by atoms with E-state index in [4.69, 9.17) is 9.97 Å². The van der Waals surface area contributed by atoms with E-state index in [1.54, 1.807) is 27.7 Å². The minimum atomic E-state index is -0.722. The number of rotatable bonds is 10. The maximum Gasteiger partial charge on any atom is 0.130 e. The van der Waals surface area contributed by atoms with E-state index in [-0.39, 0.29) is 11.6 Å². The maximum absolute atomic E-state index is 12.0. The molecule has 284 valence electrons. The number of aliphatic hydroxyl groups excluding tert-OH is 2. The molecule has 2 atom stereocenters. The number of carbonyl (C=O) groups excluding carboxylic acids is 2. The van der Waals surface area contributed by atoms with Crippen molar-refractivity contribution in [2.45, 2.75) is 147 Å². The molecule has 2 aliphatic heterocycles. The lowest BCUT2D eigenvalue weighted by Gasteiger charge is -2.17. The monoisotopic (exact) mass is 712 g/mol. The van der Waals surface area contributed by atoms with Crippen molar-refractivity contribution in [2.24, 2.45) is 0 Å². The topological polar surface area (TPSA) is 132 Å². The lowest BCUT2D eigenvalue weighted by atomic mass is 9.93. The number of hydrogen-bond acceptors (Lipinski definition) is 6. The van der Waals surface area contributed by atoms with Gasteiger partial charge in [0.05, 0.1) is 29.3 Å². The number of aromatic nitrogens is 4. The van der Waals surface area contributed by atoms with Crippen LogP contribution in [0.3, 0.4) is 0 Å². The van der Waals surface area contributed by atoms with E-state index in [0.29, 0.717) is 38.5 Å². The van der Waals surface area contributed by atoms with Crippen molar-refractivity contribution in [2.75, 3.05) is 0 Å². The van der Waals surface area contributed by atoms with Gasteiger partial charge in [-0.05, 0) is 135 Å². The van der Waals surface area contributed by atoms with Crippen LogP contribution in [0, 0.1) is 6.92 Å². The van der Waals surface area contributed by atoms with Gasteiger partial charge in [-0.15, -0.1) is 0 Å². The van der Waals surface area contributed by atoms with Gasteiger partial charge in [0.2, 0.25) is 0 Å². The molecular formula is C44H64N4O4. The van der Waals surface area contributed by atoms with Crippen LogP contribution in [0.15, 0.2) is 29.8 Å². The van der Waals surface area contributed by atoms with Crippen molar-refractivity contribution >= 4 is 51.0 Å². The minimum Gasteiger partial charge on any atom is -0.393 e. The second-order valence-electron chi connectivity index (χ2n) is 13.7. The average Bonchev–Trinajstić information content (AvgIpc) is 3.54. The van der Waals surface area contributed by atoms with Crippen LogP contribution in [0.2, 0.25) is 0 Å². The smallest absolute Gasteiger partial charge is 0.130 e. The summed E-state index contributed by atoms with van der Waals surface area (Å²) in [4.78, 5) is 41.4. The van der Waals surface area contributed by atoms with Gasteiger partial charge in [-0.2, -0.15) is 0 Å². The highest BCUT2D eigenvalue weighted by Gasteiger charge is 2.21. The van der Waals surface area contributed by atoms with E-state index in [1.807, 2.05) is 66.7 Å². The van der Waals surface area contributed by atoms with Crippen molar-refractivity contribution in [3.8, 4) is 0 Å². The Kier molecular flexibility index (Phi) is 17.6. The zero-order valence-electron chi connectivity index (χ0n) is 34.1. The molecule has 2 aliphatic rings. The molecule has 0 saturated heterocycles. The number of Topliss-reactive ketones (excluding diaryl/α,β-unsaturated/α-hetero) is 2. The van der Waals surface area contributed by atoms with Crippen LogP contribution in [0.5, 0.6) is 0 Å². The molecule has 0 saturated carbocycles. The lowest BCUT2D eigenvalue weighted by Crippen LogP contribution is -2.19. The van der Waals surface area contributed by atoms with Crippen LogP contribution in [-0.2, 0) is 16.0 Å². The average molecular weight is 713 g/mol. The molecule has 2 aromatic heterocycles. The summed E-state index contributed by atoms with van der Waals surface area (Å²) in [7, 11) is 0. The summed E-state index contributed by atoms with van der Waals surface area (Å²) in [5.74, 6) is 0.313. The molecule has 6 bridgehead atoms. The Morgan fingerprint density at radius 3 is 2.00 bits per heavy atom. The first kappa shape index (κ1) is 44.0. The first-order valence-electron chi connectivity index (χ1n) is 19.0. The highest BCUT2D eigenvalue weighted by molar-refractivity contribution is 5.92. The maximum atomic E-state index is 12.0. The summed E-state index contributed by atoms with van der Waals surface area (Å²) in [6, 6.07) is 8.14. The normalized spacial score (nSPS) is 14.0. The number of ketones is 2. The van der Waals surface area contributed by atoms with Crippen molar-refractivity contribution in [3.05, 3.63) is 74.4 Å². The summed E-state index contributed by atoms with van der Waals surface area (Å²) in [6.45, 7) is 25.0. The van der Waals surface area contributed by atoms with Crippen molar-refractivity contribution in [1.29, 1.82) is 0 Å². The van der Waals surface area contributed by atoms with Gasteiger partial charge in [-0.1, -0.05) is 44.9 Å². The fourth-order valence-electron chi connectivity index (χ4n) is 6.30. The third-order valence-corrected chi connectivity index (χ3v) is 9.14. The van der Waals surface area contributed by atoms with Crippen LogP contribution in [0.1, 0.15) is 162 Å². The summed E-state index contributed by atoms with van der Waals surface area (Å²) in [6.07, 6.45) is 4.84. The van der Waals surface area contributed by atoms with Crippen molar-refractivity contribution < 1.29 is 19.8 Å². The predicted octanol–water partition coefficient (Wildman–Crippen LogP) is 8.96. The highest BCUT2D eigenvalue weighted by Crippen LogP contribution is 2.35. The van der Waals surface area contributed by atoms with Gasteiger partial charge in [0.25, 0.3) is 0 Å². The van der Waals surface area contributed by atoms with Crippen molar-refractivity contribution in [3.63, 3.8) is 0 Å². The Hall–Kier alpha value is -4.14. The molecule has 0 aliphatic carbocycles. The molecule has 4 rings (SSSR count). The lowest BCUT2D eigenvalue weighted by molar-refractivity contribution is -0.117. The van der Waals surface area contributed by atoms with E-state index in [1.165, 1.54) is 5.57 Å². The largest absolute Gasteiger partial charge is 0.393 e. The number of H-pyrrole nitrogens is 2. The van der Waals surface area contributed by atoms with Gasteiger partial charge in [0, 0.05) is 52.3 Å². The number of aromatic amines is 2. The second-order valence-corrected chi connectivity index (χ2v) is 13.7. The quantitative estimate of drug-likeness (QED) is 0.195. The first-order chi connectivity index (χ1) is 24.6. The Balaban J connectivity index is 0.00000226. The molecule has 8 heteroatoms. The number of allylic oxidation sites excluding steroid dienone is 4. The number of aliphatic hydroxyl groups is 2. The Bertz CT molecular complexity index is 1970. The minimum absolute atomic E-state index is 0.151. The molecule has 4 heterocycles. The number of nitrogens with zero attached hydrogens (tertiary/aromatic N) is 2. The van der Waals surface area contributed by atoms with Gasteiger partial charge in [0.1, 0.15) is 11.6 Å². The predicted molar refractivity (Wildman–Crippen MR) is 218 cm³/mol. The molecule has 2 aromatic rings. The molecule has 4 N–H and O–H groups in total. The van der Waals surface area contributed by atoms with E-state index in [0.717, 1.165) is 84.3 Å². The molecule has 2 unspecified atom stereocenters. The van der Waals surface area contributed by atoms with Gasteiger partial charge < -0.3 is 29.8 Å². The van der Waals surface area contributed by atoms with E-state index in [9.17, 15) is 19.8 Å². The molecule has 52 heavy (non-hydrogen) atoms. The van der Waals surface area contributed by atoms with E-state index in [2.05, 4.69) is 35.9 Å². The van der Waals surface area contributed by atoms with Crippen molar-refractivity contribution in [1.82, 2.24) is 19.9 Å². The van der Waals surface area contributed by atoms with E-state index < -0.39 is 12.2 Å². The zero-order valence-corrected chi connectivity index (χ0v) is 34.1. The van der Waals surface area contributed by atoms with Crippen LogP contribution in [0.4, 0.5) is 0 Å².